The van der Waals surface area contributed by atoms with Crippen LogP contribution in [0.3, 0.4) is 0 Å². The molecule has 1 fully saturated rings. The SMILES string of the molecule is C=C/C=C(/c1ccc(C(=C)C)s1)c1nc(C(=C)c2c(NC)ccc(-c3cncc(CN4CCC(F)(F)C4)c3)c2F)[nH]c1C.CC. The molecule has 4 heterocycles. The number of hydrogen-bond acceptors (Lipinski definition) is 5. The molecule has 4 aromatic rings. The van der Waals surface area contributed by atoms with Crippen LogP contribution in [0.15, 0.2) is 74.6 Å². The average Bonchev–Trinajstić information content (AvgIpc) is 3.75. The van der Waals surface area contributed by atoms with E-state index in [1.807, 2.05) is 45.9 Å². The maximum Gasteiger partial charge on any atom is 0.261 e. The fourth-order valence-corrected chi connectivity index (χ4v) is 6.27. The van der Waals surface area contributed by atoms with E-state index in [1.54, 1.807) is 60.0 Å². The molecule has 1 aliphatic heterocycles. The van der Waals surface area contributed by atoms with Gasteiger partial charge in [0.05, 0.1) is 12.2 Å². The number of nitrogens with one attached hydrogen (secondary N) is 2. The molecular weight excluding hydrogens is 591 g/mol. The Kier molecular flexibility index (Phi) is 10.7. The van der Waals surface area contributed by atoms with Crippen LogP contribution >= 0.6 is 11.3 Å². The second-order valence-electron chi connectivity index (χ2n) is 10.8. The normalized spacial score (nSPS) is 14.5. The monoisotopic (exact) mass is 631 g/mol. The summed E-state index contributed by atoms with van der Waals surface area (Å²) >= 11 is 1.62. The highest BCUT2D eigenvalue weighted by atomic mass is 32.1. The van der Waals surface area contributed by atoms with Gasteiger partial charge in [-0.1, -0.05) is 45.7 Å². The average molecular weight is 632 g/mol. The maximum atomic E-state index is 16.4. The van der Waals surface area contributed by atoms with Gasteiger partial charge in [-0.3, -0.25) is 9.88 Å². The van der Waals surface area contributed by atoms with Crippen LogP contribution in [-0.4, -0.2) is 45.9 Å². The van der Waals surface area contributed by atoms with Gasteiger partial charge in [0, 0.05) is 87.9 Å². The van der Waals surface area contributed by atoms with E-state index in [0.29, 0.717) is 41.3 Å². The summed E-state index contributed by atoms with van der Waals surface area (Å²) in [4.78, 5) is 16.3. The van der Waals surface area contributed by atoms with Gasteiger partial charge in [-0.2, -0.15) is 0 Å². The molecule has 45 heavy (non-hydrogen) atoms. The minimum Gasteiger partial charge on any atom is -0.388 e. The van der Waals surface area contributed by atoms with Crippen LogP contribution in [0.5, 0.6) is 0 Å². The Morgan fingerprint density at radius 2 is 1.89 bits per heavy atom. The number of rotatable bonds is 10. The molecule has 5 nitrogen and oxygen atoms in total. The minimum atomic E-state index is -2.68. The van der Waals surface area contributed by atoms with E-state index >= 15 is 4.39 Å². The third-order valence-corrected chi connectivity index (χ3v) is 8.76. The first-order valence-electron chi connectivity index (χ1n) is 14.9. The first-order valence-corrected chi connectivity index (χ1v) is 15.7. The van der Waals surface area contributed by atoms with E-state index in [2.05, 4.69) is 35.0 Å². The largest absolute Gasteiger partial charge is 0.388 e. The van der Waals surface area contributed by atoms with Crippen LogP contribution in [0.4, 0.5) is 18.9 Å². The number of nitrogens with zero attached hydrogens (tertiary/aromatic N) is 3. The Bertz CT molecular complexity index is 1750. The van der Waals surface area contributed by atoms with Gasteiger partial charge in [-0.15, -0.1) is 11.3 Å². The number of H-pyrrole nitrogens is 1. The summed E-state index contributed by atoms with van der Waals surface area (Å²) in [7, 11) is 1.72. The Morgan fingerprint density at radius 1 is 1.16 bits per heavy atom. The molecule has 9 heteroatoms. The minimum absolute atomic E-state index is 0.159. The second-order valence-corrected chi connectivity index (χ2v) is 11.9. The molecule has 1 aliphatic rings. The highest BCUT2D eigenvalue weighted by molar-refractivity contribution is 7.14. The third-order valence-electron chi connectivity index (χ3n) is 7.48. The number of alkyl halides is 2. The van der Waals surface area contributed by atoms with Crippen molar-refractivity contribution in [3.05, 3.63) is 119 Å². The summed E-state index contributed by atoms with van der Waals surface area (Å²) in [5, 5.41) is 3.07. The van der Waals surface area contributed by atoms with Crippen molar-refractivity contribution in [2.75, 3.05) is 25.5 Å². The first-order chi connectivity index (χ1) is 21.5. The van der Waals surface area contributed by atoms with Crippen LogP contribution in [0.2, 0.25) is 0 Å². The number of likely N-dealkylation sites (tertiary alicyclic amines) is 1. The van der Waals surface area contributed by atoms with E-state index in [4.69, 9.17) is 4.98 Å². The highest BCUT2D eigenvalue weighted by Gasteiger charge is 2.38. The number of pyridine rings is 1. The van der Waals surface area contributed by atoms with Gasteiger partial charge >= 0.3 is 0 Å². The lowest BCUT2D eigenvalue weighted by molar-refractivity contribution is 0.0115. The molecule has 236 valence electrons. The van der Waals surface area contributed by atoms with Crippen molar-refractivity contribution in [2.24, 2.45) is 0 Å². The molecule has 3 aromatic heterocycles. The molecule has 1 saturated heterocycles. The van der Waals surface area contributed by atoms with Crippen molar-refractivity contribution in [2.45, 2.75) is 46.6 Å². The van der Waals surface area contributed by atoms with Gasteiger partial charge < -0.3 is 10.3 Å². The Labute approximate surface area is 268 Å². The number of aromatic amines is 1. The van der Waals surface area contributed by atoms with Crippen molar-refractivity contribution in [3.8, 4) is 11.1 Å². The van der Waals surface area contributed by atoms with E-state index < -0.39 is 11.7 Å². The van der Waals surface area contributed by atoms with Crippen LogP contribution < -0.4 is 5.32 Å². The highest BCUT2D eigenvalue weighted by Crippen LogP contribution is 2.38. The fourth-order valence-electron chi connectivity index (χ4n) is 5.32. The summed E-state index contributed by atoms with van der Waals surface area (Å²) in [6.45, 7) is 20.4. The third kappa shape index (κ3) is 7.37. The summed E-state index contributed by atoms with van der Waals surface area (Å²) in [6, 6.07) is 9.34. The van der Waals surface area contributed by atoms with E-state index in [0.717, 1.165) is 37.9 Å². The van der Waals surface area contributed by atoms with E-state index in [1.165, 1.54) is 0 Å². The van der Waals surface area contributed by atoms with Gasteiger partial charge in [0.15, 0.2) is 0 Å². The molecule has 0 spiro atoms. The first kappa shape index (κ1) is 33.7. The quantitative estimate of drug-likeness (QED) is 0.171. The summed E-state index contributed by atoms with van der Waals surface area (Å²) in [5.41, 5.74) is 6.24. The lowest BCUT2D eigenvalue weighted by Gasteiger charge is -2.17. The Balaban J connectivity index is 0.00000226. The molecule has 0 saturated carbocycles. The number of allylic oxidation sites excluding steroid dienone is 3. The lowest BCUT2D eigenvalue weighted by Crippen LogP contribution is -2.24. The number of imidazole rings is 1. The van der Waals surface area contributed by atoms with Crippen molar-refractivity contribution in [3.63, 3.8) is 0 Å². The molecule has 5 rings (SSSR count). The van der Waals surface area contributed by atoms with Gasteiger partial charge in [0.2, 0.25) is 0 Å². The number of hydrogen-bond donors (Lipinski definition) is 2. The summed E-state index contributed by atoms with van der Waals surface area (Å²) in [5.74, 6) is -2.72. The van der Waals surface area contributed by atoms with E-state index in [-0.39, 0.29) is 18.5 Å². The van der Waals surface area contributed by atoms with E-state index in [9.17, 15) is 8.78 Å². The summed E-state index contributed by atoms with van der Waals surface area (Å²) < 4.78 is 43.8. The molecule has 0 atom stereocenters. The predicted molar refractivity (Wildman–Crippen MR) is 183 cm³/mol. The standard InChI is InChI=1S/C34H34F3N5S.C2H6/c1-7-8-26(29-12-11-28(43-29)20(2)3)32-22(5)40-33(41-32)21(4)30-27(38-6)10-9-25(31(30)35)24-15-23(16-39-17-24)18-42-14-13-34(36,37)19-42;1-2/h7-12,15-17,38H,1-2,4,13-14,18-19H2,3,5-6H3,(H,40,41);1-2H3/b26-8-;. The van der Waals surface area contributed by atoms with Gasteiger partial charge in [-0.05, 0) is 55.3 Å². The second kappa shape index (κ2) is 14.3. The molecule has 0 amide bonds. The molecule has 0 bridgehead atoms. The molecular formula is C36H40F3N5S. The number of aromatic nitrogens is 3. The number of anilines is 1. The topological polar surface area (TPSA) is 56.8 Å². The van der Waals surface area contributed by atoms with Gasteiger partial charge in [-0.25, -0.2) is 18.2 Å². The van der Waals surface area contributed by atoms with Gasteiger partial charge in [0.1, 0.15) is 11.6 Å². The predicted octanol–water partition coefficient (Wildman–Crippen LogP) is 9.60. The van der Waals surface area contributed by atoms with Crippen molar-refractivity contribution in [1.82, 2.24) is 19.9 Å². The fraction of sp³-hybridized carbons (Fsp3) is 0.278. The van der Waals surface area contributed by atoms with Crippen molar-refractivity contribution >= 4 is 33.7 Å². The van der Waals surface area contributed by atoms with Crippen LogP contribution in [0.1, 0.15) is 65.3 Å². The molecule has 0 unspecified atom stereocenters. The Hall–Kier alpha value is -4.21. The summed E-state index contributed by atoms with van der Waals surface area (Å²) in [6.07, 6.45) is 6.68. The molecule has 0 aliphatic carbocycles. The zero-order valence-corrected chi connectivity index (χ0v) is 27.3. The smallest absolute Gasteiger partial charge is 0.261 e. The van der Waals surface area contributed by atoms with Crippen LogP contribution in [-0.2, 0) is 6.54 Å². The molecule has 2 N–H and O–H groups in total. The number of thiophene rings is 1. The van der Waals surface area contributed by atoms with Gasteiger partial charge in [0.25, 0.3) is 5.92 Å². The van der Waals surface area contributed by atoms with Crippen molar-refractivity contribution in [1.29, 1.82) is 0 Å². The Morgan fingerprint density at radius 3 is 2.51 bits per heavy atom. The zero-order chi connectivity index (χ0) is 32.9. The number of halogens is 3. The lowest BCUT2D eigenvalue weighted by atomic mass is 9.96. The number of aryl methyl sites for hydroxylation is 1. The number of benzene rings is 1. The van der Waals surface area contributed by atoms with Crippen molar-refractivity contribution < 1.29 is 13.2 Å². The van der Waals surface area contributed by atoms with Crippen LogP contribution in [0, 0.1) is 12.7 Å². The van der Waals surface area contributed by atoms with Crippen LogP contribution in [0.25, 0.3) is 27.8 Å². The molecule has 1 aromatic carbocycles. The zero-order valence-electron chi connectivity index (χ0n) is 26.5. The molecule has 0 radical (unpaired) electrons. The maximum absolute atomic E-state index is 16.4.